The van der Waals surface area contributed by atoms with Crippen LogP contribution in [0.1, 0.15) is 25.0 Å². The van der Waals surface area contributed by atoms with Crippen molar-refractivity contribution in [3.8, 4) is 55.6 Å². The quantitative estimate of drug-likeness (QED) is 0.164. The molecule has 1 heteroatoms. The van der Waals surface area contributed by atoms with Crippen LogP contribution in [0, 0.1) is 0 Å². The van der Waals surface area contributed by atoms with Gasteiger partial charge in [-0.2, -0.15) is 0 Å². The van der Waals surface area contributed by atoms with Gasteiger partial charge in [-0.1, -0.05) is 178 Å². The molecule has 1 nitrogen and oxygen atoms in total. The van der Waals surface area contributed by atoms with Crippen LogP contribution in [0.15, 0.2) is 200 Å². The fourth-order valence-corrected chi connectivity index (χ4v) is 8.02. The summed E-state index contributed by atoms with van der Waals surface area (Å²) in [5, 5.41) is 0. The largest absolute Gasteiger partial charge is 0.310 e. The van der Waals surface area contributed by atoms with Crippen LogP contribution in [0.3, 0.4) is 0 Å². The van der Waals surface area contributed by atoms with E-state index in [0.717, 1.165) is 17.1 Å². The zero-order valence-electron chi connectivity index (χ0n) is 29.5. The summed E-state index contributed by atoms with van der Waals surface area (Å²) in [6.45, 7) is 4.78. The molecule has 9 rings (SSSR count). The highest BCUT2D eigenvalue weighted by molar-refractivity contribution is 6.01. The Morgan fingerprint density at radius 2 is 0.712 bits per heavy atom. The summed E-state index contributed by atoms with van der Waals surface area (Å²) < 4.78 is 0. The molecular weight excluding hydrogens is 627 g/mol. The molecule has 0 saturated heterocycles. The van der Waals surface area contributed by atoms with Crippen LogP contribution in [0.5, 0.6) is 0 Å². The van der Waals surface area contributed by atoms with Gasteiger partial charge in [-0.3, -0.25) is 0 Å². The lowest BCUT2D eigenvalue weighted by atomic mass is 9.81. The number of hydrogen-bond donors (Lipinski definition) is 0. The second-order valence-corrected chi connectivity index (χ2v) is 14.2. The Morgan fingerprint density at radius 3 is 1.19 bits per heavy atom. The number of hydrogen-bond acceptors (Lipinski definition) is 1. The lowest BCUT2D eigenvalue weighted by Gasteiger charge is -2.29. The number of anilines is 3. The third kappa shape index (κ3) is 5.52. The average Bonchev–Trinajstić information content (AvgIpc) is 3.45. The van der Waals surface area contributed by atoms with E-state index in [0.29, 0.717) is 0 Å². The van der Waals surface area contributed by atoms with Crippen molar-refractivity contribution in [2.45, 2.75) is 19.3 Å². The van der Waals surface area contributed by atoms with Gasteiger partial charge in [0.25, 0.3) is 0 Å². The number of benzene rings is 8. The van der Waals surface area contributed by atoms with Crippen LogP contribution >= 0.6 is 0 Å². The third-order valence-electron chi connectivity index (χ3n) is 10.7. The van der Waals surface area contributed by atoms with Crippen LogP contribution in [0.25, 0.3) is 55.6 Å². The van der Waals surface area contributed by atoms with Gasteiger partial charge in [-0.25, -0.2) is 0 Å². The van der Waals surface area contributed by atoms with Gasteiger partial charge in [-0.15, -0.1) is 0 Å². The Labute approximate surface area is 307 Å². The van der Waals surface area contributed by atoms with Gasteiger partial charge >= 0.3 is 0 Å². The summed E-state index contributed by atoms with van der Waals surface area (Å²) in [5.74, 6) is 0. The lowest BCUT2D eigenvalue weighted by Crippen LogP contribution is -2.17. The maximum Gasteiger partial charge on any atom is 0.0471 e. The lowest BCUT2D eigenvalue weighted by molar-refractivity contribution is 0.660. The minimum absolute atomic E-state index is 0.213. The van der Waals surface area contributed by atoms with E-state index < -0.39 is 0 Å². The van der Waals surface area contributed by atoms with Crippen LogP contribution in [0.2, 0.25) is 0 Å². The molecule has 0 aromatic heterocycles. The number of rotatable bonds is 7. The summed E-state index contributed by atoms with van der Waals surface area (Å²) >= 11 is 0. The van der Waals surface area contributed by atoms with Crippen molar-refractivity contribution in [3.05, 3.63) is 211 Å². The Morgan fingerprint density at radius 1 is 0.308 bits per heavy atom. The molecule has 0 fully saturated rings. The van der Waals surface area contributed by atoms with Gasteiger partial charge in [0, 0.05) is 22.5 Å². The molecule has 0 bridgehead atoms. The van der Waals surface area contributed by atoms with Crippen LogP contribution < -0.4 is 4.90 Å². The minimum atomic E-state index is -0.213. The monoisotopic (exact) mass is 665 g/mol. The van der Waals surface area contributed by atoms with Crippen molar-refractivity contribution < 1.29 is 0 Å². The van der Waals surface area contributed by atoms with Gasteiger partial charge in [0.15, 0.2) is 0 Å². The topological polar surface area (TPSA) is 3.24 Å². The van der Waals surface area contributed by atoms with Crippen molar-refractivity contribution in [3.63, 3.8) is 0 Å². The Balaban J connectivity index is 1.27. The molecule has 8 aromatic carbocycles. The molecule has 1 aliphatic rings. The highest BCUT2D eigenvalue weighted by Gasteiger charge is 2.39. The maximum absolute atomic E-state index is 2.45. The first kappa shape index (κ1) is 31.5. The van der Waals surface area contributed by atoms with Crippen LogP contribution in [-0.4, -0.2) is 0 Å². The molecular formula is C51H39N. The molecule has 52 heavy (non-hydrogen) atoms. The summed E-state index contributed by atoms with van der Waals surface area (Å²) in [7, 11) is 0. The normalized spacial score (nSPS) is 12.6. The van der Waals surface area contributed by atoms with Gasteiger partial charge in [0.05, 0.1) is 0 Å². The first-order valence-corrected chi connectivity index (χ1v) is 18.1. The summed E-state index contributed by atoms with van der Waals surface area (Å²) in [5.41, 5.74) is 18.3. The first-order valence-electron chi connectivity index (χ1n) is 18.1. The van der Waals surface area contributed by atoms with Gasteiger partial charge in [-0.05, 0) is 103 Å². The van der Waals surface area contributed by atoms with Crippen LogP contribution in [-0.2, 0) is 5.41 Å². The fourth-order valence-electron chi connectivity index (χ4n) is 8.02. The Kier molecular flexibility index (Phi) is 7.90. The minimum Gasteiger partial charge on any atom is -0.310 e. The van der Waals surface area contributed by atoms with Crippen LogP contribution in [0.4, 0.5) is 17.1 Å². The fraction of sp³-hybridized carbons (Fsp3) is 0.0588. The molecule has 0 N–H and O–H groups in total. The zero-order chi connectivity index (χ0) is 35.1. The van der Waals surface area contributed by atoms with Crippen molar-refractivity contribution >= 4 is 17.1 Å². The molecule has 8 aromatic rings. The van der Waals surface area contributed by atoms with E-state index in [1.807, 2.05) is 0 Å². The molecule has 0 aliphatic heterocycles. The molecule has 0 amide bonds. The summed E-state index contributed by atoms with van der Waals surface area (Å²) in [6.07, 6.45) is 0. The Bertz CT molecular complexity index is 2400. The van der Waals surface area contributed by atoms with Crippen molar-refractivity contribution in [1.29, 1.82) is 0 Å². The molecule has 0 spiro atoms. The van der Waals surface area contributed by atoms with Crippen molar-refractivity contribution in [1.82, 2.24) is 0 Å². The number of nitrogens with zero attached hydrogens (tertiary/aromatic N) is 1. The molecule has 248 valence electrons. The van der Waals surface area contributed by atoms with Gasteiger partial charge in [0.2, 0.25) is 0 Å². The second kappa shape index (κ2) is 13.0. The van der Waals surface area contributed by atoms with Crippen molar-refractivity contribution in [2.24, 2.45) is 0 Å². The zero-order valence-corrected chi connectivity index (χ0v) is 29.5. The van der Waals surface area contributed by atoms with E-state index in [1.54, 1.807) is 0 Å². The van der Waals surface area contributed by atoms with E-state index in [-0.39, 0.29) is 5.41 Å². The molecule has 0 saturated carbocycles. The van der Waals surface area contributed by atoms with Crippen molar-refractivity contribution in [2.75, 3.05) is 4.90 Å². The molecule has 0 heterocycles. The van der Waals surface area contributed by atoms with E-state index >= 15 is 0 Å². The highest BCUT2D eigenvalue weighted by Crippen LogP contribution is 2.57. The maximum atomic E-state index is 2.45. The SMILES string of the molecule is CC1(C)c2cccc(-c3ccccc3)c2-c2c(-c3ccccc3)cc(N(c3ccc(-c4ccccc4)cc3)c3ccc(-c4ccccc4)cc3)cc21. The molecule has 1 aliphatic carbocycles. The van der Waals surface area contributed by atoms with Gasteiger partial charge < -0.3 is 4.90 Å². The van der Waals surface area contributed by atoms with E-state index in [4.69, 9.17) is 0 Å². The summed E-state index contributed by atoms with van der Waals surface area (Å²) in [4.78, 5) is 2.42. The van der Waals surface area contributed by atoms with E-state index in [1.165, 1.54) is 66.8 Å². The van der Waals surface area contributed by atoms with E-state index in [2.05, 4.69) is 219 Å². The summed E-state index contributed by atoms with van der Waals surface area (Å²) in [6, 6.07) is 72.7. The smallest absolute Gasteiger partial charge is 0.0471 e. The second-order valence-electron chi connectivity index (χ2n) is 14.2. The third-order valence-corrected chi connectivity index (χ3v) is 10.7. The predicted molar refractivity (Wildman–Crippen MR) is 220 cm³/mol. The predicted octanol–water partition coefficient (Wildman–Crippen LogP) is 14.1. The van der Waals surface area contributed by atoms with Gasteiger partial charge in [0.1, 0.15) is 0 Å². The average molecular weight is 666 g/mol. The number of fused-ring (bicyclic) bond motifs is 3. The molecule has 0 atom stereocenters. The Hall–Kier alpha value is -6.44. The molecule has 0 unspecified atom stereocenters. The standard InChI is InChI=1S/C51H39N/c1-51(2)47-25-15-24-45(40-20-11-5-12-21-40)49(47)50-46(41-22-13-6-14-23-41)34-44(35-48(50)51)52(42-30-26-38(27-31-42)36-16-7-3-8-17-36)43-32-28-39(29-33-43)37-18-9-4-10-19-37/h3-35H,1-2H3. The molecule has 0 radical (unpaired) electrons. The van der Waals surface area contributed by atoms with E-state index in [9.17, 15) is 0 Å². The first-order chi connectivity index (χ1) is 25.6. The highest BCUT2D eigenvalue weighted by atomic mass is 15.1.